The van der Waals surface area contributed by atoms with E-state index < -0.39 is 18.1 Å². The molecular weight excluding hydrogens is 327 g/mol. The van der Waals surface area contributed by atoms with E-state index in [9.17, 15) is 18.0 Å². The molecule has 5 nitrogen and oxygen atoms in total. The van der Waals surface area contributed by atoms with Gasteiger partial charge in [-0.25, -0.2) is 4.79 Å². The highest BCUT2D eigenvalue weighted by Gasteiger charge is 2.32. The molecule has 1 aromatic carbocycles. The molecule has 1 aromatic rings. The summed E-state index contributed by atoms with van der Waals surface area (Å²) in [6.07, 6.45) is -4.91. The molecular formula is C16H20F3NO4. The monoisotopic (exact) mass is 347 g/mol. The highest BCUT2D eigenvalue weighted by molar-refractivity contribution is 5.68. The van der Waals surface area contributed by atoms with Crippen LogP contribution in [-0.4, -0.2) is 42.2 Å². The van der Waals surface area contributed by atoms with Crippen molar-refractivity contribution >= 4 is 6.09 Å². The van der Waals surface area contributed by atoms with Gasteiger partial charge in [0.15, 0.2) is 0 Å². The van der Waals surface area contributed by atoms with Gasteiger partial charge in [-0.15, -0.1) is 13.2 Å². The van der Waals surface area contributed by atoms with E-state index in [1.54, 1.807) is 26.8 Å². The van der Waals surface area contributed by atoms with Gasteiger partial charge in [0, 0.05) is 19.0 Å². The van der Waals surface area contributed by atoms with Crippen LogP contribution in [0.2, 0.25) is 0 Å². The fourth-order valence-corrected chi connectivity index (χ4v) is 2.25. The van der Waals surface area contributed by atoms with Crippen molar-refractivity contribution in [3.8, 4) is 11.5 Å². The number of benzene rings is 1. The van der Waals surface area contributed by atoms with Crippen LogP contribution in [0, 0.1) is 0 Å². The average molecular weight is 347 g/mol. The van der Waals surface area contributed by atoms with Crippen molar-refractivity contribution in [3.63, 3.8) is 0 Å². The summed E-state index contributed by atoms with van der Waals surface area (Å²) in [7, 11) is 0. The first-order valence-corrected chi connectivity index (χ1v) is 7.52. The maximum Gasteiger partial charge on any atom is 0.573 e. The molecule has 0 aliphatic carbocycles. The van der Waals surface area contributed by atoms with E-state index in [1.807, 2.05) is 0 Å². The third kappa shape index (κ3) is 5.82. The lowest BCUT2D eigenvalue weighted by Gasteiger charge is -2.24. The average Bonchev–Trinajstić information content (AvgIpc) is 2.83. The Hall–Kier alpha value is -2.12. The molecule has 0 saturated carbocycles. The van der Waals surface area contributed by atoms with Crippen LogP contribution < -0.4 is 9.47 Å². The quantitative estimate of drug-likeness (QED) is 0.830. The van der Waals surface area contributed by atoms with Gasteiger partial charge in [-0.2, -0.15) is 0 Å². The topological polar surface area (TPSA) is 48.0 Å². The largest absolute Gasteiger partial charge is 0.573 e. The van der Waals surface area contributed by atoms with E-state index in [4.69, 9.17) is 9.47 Å². The van der Waals surface area contributed by atoms with Gasteiger partial charge in [-0.3, -0.25) is 0 Å². The summed E-state index contributed by atoms with van der Waals surface area (Å²) in [4.78, 5) is 13.5. The Balaban J connectivity index is 1.91. The first-order valence-electron chi connectivity index (χ1n) is 7.52. The summed E-state index contributed by atoms with van der Waals surface area (Å²) in [5.41, 5.74) is -0.584. The first-order chi connectivity index (χ1) is 11.0. The Kier molecular flexibility index (Phi) is 5.15. The maximum absolute atomic E-state index is 12.2. The van der Waals surface area contributed by atoms with Crippen molar-refractivity contribution in [1.82, 2.24) is 4.90 Å². The van der Waals surface area contributed by atoms with E-state index >= 15 is 0 Å². The Labute approximate surface area is 138 Å². The van der Waals surface area contributed by atoms with Crippen LogP contribution in [0.3, 0.4) is 0 Å². The summed E-state index contributed by atoms with van der Waals surface area (Å²) < 4.78 is 51.5. The number of ether oxygens (including phenoxy) is 3. The zero-order valence-corrected chi connectivity index (χ0v) is 13.7. The standard InChI is InChI=1S/C16H20F3NO4/c1-15(2,3)24-14(21)20-8-7-13(10-20)22-11-5-4-6-12(9-11)23-16(17,18)19/h4-6,9,13H,7-8,10H2,1-3H3/t13-/m1/s1. The lowest BCUT2D eigenvalue weighted by molar-refractivity contribution is -0.274. The Morgan fingerprint density at radius 1 is 1.21 bits per heavy atom. The molecule has 1 aliphatic heterocycles. The second-order valence-corrected chi connectivity index (χ2v) is 6.48. The Morgan fingerprint density at radius 2 is 1.88 bits per heavy atom. The van der Waals surface area contributed by atoms with Crippen molar-refractivity contribution in [2.45, 2.75) is 45.3 Å². The number of rotatable bonds is 3. The number of hydrogen-bond acceptors (Lipinski definition) is 4. The van der Waals surface area contributed by atoms with Gasteiger partial charge >= 0.3 is 12.5 Å². The van der Waals surface area contributed by atoms with Crippen LogP contribution >= 0.6 is 0 Å². The molecule has 1 aliphatic rings. The highest BCUT2D eigenvalue weighted by atomic mass is 19.4. The molecule has 0 radical (unpaired) electrons. The minimum atomic E-state index is -4.75. The van der Waals surface area contributed by atoms with Crippen molar-refractivity contribution < 1.29 is 32.2 Å². The molecule has 24 heavy (non-hydrogen) atoms. The van der Waals surface area contributed by atoms with Crippen molar-refractivity contribution in [3.05, 3.63) is 24.3 Å². The fourth-order valence-electron chi connectivity index (χ4n) is 2.25. The van der Waals surface area contributed by atoms with Gasteiger partial charge in [0.2, 0.25) is 0 Å². The maximum atomic E-state index is 12.2. The molecule has 0 N–H and O–H groups in total. The number of nitrogens with zero attached hydrogens (tertiary/aromatic N) is 1. The number of alkyl halides is 3. The van der Waals surface area contributed by atoms with Crippen molar-refractivity contribution in [1.29, 1.82) is 0 Å². The Morgan fingerprint density at radius 3 is 2.50 bits per heavy atom. The van der Waals surface area contributed by atoms with Crippen LogP contribution in [0.1, 0.15) is 27.2 Å². The summed E-state index contributed by atoms with van der Waals surface area (Å²) >= 11 is 0. The number of hydrogen-bond donors (Lipinski definition) is 0. The van der Waals surface area contributed by atoms with Crippen molar-refractivity contribution in [2.24, 2.45) is 0 Å². The molecule has 1 saturated heterocycles. The lowest BCUT2D eigenvalue weighted by Crippen LogP contribution is -2.36. The lowest BCUT2D eigenvalue weighted by atomic mass is 10.2. The zero-order chi connectivity index (χ0) is 18.0. The van der Waals surface area contributed by atoms with Gasteiger partial charge < -0.3 is 19.1 Å². The molecule has 1 heterocycles. The number of amides is 1. The van der Waals surface area contributed by atoms with E-state index in [1.165, 1.54) is 23.1 Å². The SMILES string of the molecule is CC(C)(C)OC(=O)N1CC[C@@H](Oc2cccc(OC(F)(F)F)c2)C1. The van der Waals surface area contributed by atoms with E-state index in [0.717, 1.165) is 0 Å². The number of likely N-dealkylation sites (tertiary alicyclic amines) is 1. The molecule has 2 rings (SSSR count). The third-order valence-corrected chi connectivity index (χ3v) is 3.14. The molecule has 1 amide bonds. The third-order valence-electron chi connectivity index (χ3n) is 3.14. The number of halogens is 3. The van der Waals surface area contributed by atoms with E-state index in [2.05, 4.69) is 4.74 Å². The van der Waals surface area contributed by atoms with Crippen molar-refractivity contribution in [2.75, 3.05) is 13.1 Å². The molecule has 0 bridgehead atoms. The highest BCUT2D eigenvalue weighted by Crippen LogP contribution is 2.27. The van der Waals surface area contributed by atoms with Gasteiger partial charge in [-0.1, -0.05) is 6.07 Å². The predicted octanol–water partition coefficient (Wildman–Crippen LogP) is 3.97. The zero-order valence-electron chi connectivity index (χ0n) is 13.7. The van der Waals surface area contributed by atoms with Crippen LogP contribution in [0.15, 0.2) is 24.3 Å². The van der Waals surface area contributed by atoms with Gasteiger partial charge in [0.1, 0.15) is 23.2 Å². The Bertz CT molecular complexity index is 583. The van der Waals surface area contributed by atoms with Crippen LogP contribution in [0.5, 0.6) is 11.5 Å². The summed E-state index contributed by atoms with van der Waals surface area (Å²) in [5, 5.41) is 0. The number of carbonyl (C=O) groups is 1. The molecule has 1 atom stereocenters. The summed E-state index contributed by atoms with van der Waals surface area (Å²) in [6.45, 7) is 6.13. The molecule has 134 valence electrons. The second kappa shape index (κ2) is 6.78. The van der Waals surface area contributed by atoms with Gasteiger partial charge in [-0.05, 0) is 32.9 Å². The second-order valence-electron chi connectivity index (χ2n) is 6.48. The van der Waals surface area contributed by atoms with Gasteiger partial charge in [0.05, 0.1) is 6.54 Å². The van der Waals surface area contributed by atoms with Crippen LogP contribution in [-0.2, 0) is 4.74 Å². The van der Waals surface area contributed by atoms with E-state index in [0.29, 0.717) is 19.5 Å². The summed E-state index contributed by atoms with van der Waals surface area (Å²) in [6, 6.07) is 5.32. The predicted molar refractivity (Wildman–Crippen MR) is 80.0 cm³/mol. The smallest absolute Gasteiger partial charge is 0.488 e. The van der Waals surface area contributed by atoms with E-state index in [-0.39, 0.29) is 17.6 Å². The molecule has 0 unspecified atom stereocenters. The fraction of sp³-hybridized carbons (Fsp3) is 0.562. The minimum Gasteiger partial charge on any atom is -0.488 e. The number of carbonyl (C=O) groups excluding carboxylic acids is 1. The molecule has 0 aromatic heterocycles. The first kappa shape index (κ1) is 18.2. The molecule has 8 heteroatoms. The normalized spacial score (nSPS) is 18.4. The van der Waals surface area contributed by atoms with Gasteiger partial charge in [0.25, 0.3) is 0 Å². The minimum absolute atomic E-state index is 0.257. The van der Waals surface area contributed by atoms with Crippen LogP contribution in [0.4, 0.5) is 18.0 Å². The summed E-state index contributed by atoms with van der Waals surface area (Å²) in [5.74, 6) is -0.0882. The van der Waals surface area contributed by atoms with Crippen LogP contribution in [0.25, 0.3) is 0 Å². The molecule has 0 spiro atoms. The molecule has 1 fully saturated rings.